The van der Waals surface area contributed by atoms with Crippen molar-refractivity contribution in [1.82, 2.24) is 14.8 Å². The fraction of sp³-hybridized carbons (Fsp3) is 0.286. The van der Waals surface area contributed by atoms with E-state index in [0.29, 0.717) is 34.0 Å². The van der Waals surface area contributed by atoms with Crippen LogP contribution in [0.15, 0.2) is 53.7 Å². The maximum Gasteiger partial charge on any atom is 0.234 e. The first-order valence-corrected chi connectivity index (χ1v) is 10.8. The lowest BCUT2D eigenvalue weighted by molar-refractivity contribution is -0.113. The monoisotopic (exact) mass is 446 g/mol. The molecule has 2 aromatic carbocycles. The van der Waals surface area contributed by atoms with E-state index in [1.807, 2.05) is 48.7 Å². The van der Waals surface area contributed by atoms with Gasteiger partial charge in [-0.25, -0.2) is 0 Å². The van der Waals surface area contributed by atoms with E-state index in [-0.39, 0.29) is 17.8 Å². The van der Waals surface area contributed by atoms with Crippen LogP contribution in [0.25, 0.3) is 0 Å². The number of hydrogen-bond donors (Lipinski definition) is 1. The van der Waals surface area contributed by atoms with Crippen LogP contribution in [0.5, 0.6) is 11.5 Å². The number of methoxy groups -OCH3 is 1. The Morgan fingerprint density at radius 1 is 1.23 bits per heavy atom. The van der Waals surface area contributed by atoms with Crippen LogP contribution in [-0.4, -0.2) is 33.5 Å². The van der Waals surface area contributed by atoms with Gasteiger partial charge in [-0.1, -0.05) is 41.6 Å². The fourth-order valence-electron chi connectivity index (χ4n) is 2.83. The minimum Gasteiger partial charge on any atom is -0.495 e. The molecular formula is C21H23ClN4O3S. The summed E-state index contributed by atoms with van der Waals surface area (Å²) in [6, 6.07) is 14.7. The van der Waals surface area contributed by atoms with Crippen molar-refractivity contribution in [1.29, 1.82) is 0 Å². The Balaban J connectivity index is 1.61. The van der Waals surface area contributed by atoms with Gasteiger partial charge in [0, 0.05) is 12.2 Å². The van der Waals surface area contributed by atoms with Gasteiger partial charge in [0.25, 0.3) is 0 Å². The Morgan fingerprint density at radius 3 is 2.67 bits per heavy atom. The molecule has 158 valence electrons. The zero-order valence-corrected chi connectivity index (χ0v) is 18.5. The lowest BCUT2D eigenvalue weighted by atomic mass is 10.3. The highest BCUT2D eigenvalue weighted by atomic mass is 35.5. The molecule has 0 aliphatic carbocycles. The zero-order valence-electron chi connectivity index (χ0n) is 17.0. The van der Waals surface area contributed by atoms with Crippen molar-refractivity contribution >= 4 is 35.0 Å². The minimum absolute atomic E-state index is 0.165. The molecule has 0 radical (unpaired) electrons. The van der Waals surface area contributed by atoms with Gasteiger partial charge >= 0.3 is 0 Å². The number of nitrogens with zero attached hydrogens (tertiary/aromatic N) is 3. The highest BCUT2D eigenvalue weighted by Crippen LogP contribution is 2.28. The van der Waals surface area contributed by atoms with Crippen LogP contribution in [0.2, 0.25) is 5.02 Å². The van der Waals surface area contributed by atoms with Crippen molar-refractivity contribution in [2.75, 3.05) is 18.2 Å². The van der Waals surface area contributed by atoms with E-state index in [1.54, 1.807) is 25.3 Å². The maximum atomic E-state index is 12.3. The third-order valence-electron chi connectivity index (χ3n) is 4.25. The van der Waals surface area contributed by atoms with Gasteiger partial charge in [0.1, 0.15) is 11.5 Å². The standard InChI is InChI=1S/C21H23ClN4O3S/c1-4-26-20(14(2)29-16-8-6-5-7-9-16)24-25-21(26)30-13-19(27)23-15-10-11-18(28-3)17(22)12-15/h5-12,14H,4,13H2,1-3H3,(H,23,27). The van der Waals surface area contributed by atoms with E-state index in [4.69, 9.17) is 21.1 Å². The van der Waals surface area contributed by atoms with Crippen molar-refractivity contribution in [3.8, 4) is 11.5 Å². The number of amides is 1. The number of aromatic nitrogens is 3. The Hall–Kier alpha value is -2.71. The van der Waals surface area contributed by atoms with E-state index < -0.39 is 0 Å². The number of carbonyl (C=O) groups excluding carboxylic acids is 1. The number of ether oxygens (including phenoxy) is 2. The number of thioether (sulfide) groups is 1. The first-order valence-electron chi connectivity index (χ1n) is 9.42. The molecule has 1 heterocycles. The third kappa shape index (κ3) is 5.46. The highest BCUT2D eigenvalue weighted by Gasteiger charge is 2.19. The summed E-state index contributed by atoms with van der Waals surface area (Å²) in [7, 11) is 1.54. The van der Waals surface area contributed by atoms with Gasteiger partial charge in [-0.05, 0) is 44.2 Å². The van der Waals surface area contributed by atoms with Crippen LogP contribution in [0.3, 0.4) is 0 Å². The lowest BCUT2D eigenvalue weighted by Gasteiger charge is -2.15. The predicted octanol–water partition coefficient (Wildman–Crippen LogP) is 4.83. The second kappa shape index (κ2) is 10.4. The van der Waals surface area contributed by atoms with E-state index in [2.05, 4.69) is 15.5 Å². The summed E-state index contributed by atoms with van der Waals surface area (Å²) >= 11 is 7.42. The number of rotatable bonds is 9. The smallest absolute Gasteiger partial charge is 0.234 e. The van der Waals surface area contributed by atoms with Crippen molar-refractivity contribution < 1.29 is 14.3 Å². The molecule has 0 aliphatic heterocycles. The Labute approximate surface area is 184 Å². The van der Waals surface area contributed by atoms with Crippen molar-refractivity contribution in [3.63, 3.8) is 0 Å². The van der Waals surface area contributed by atoms with E-state index in [9.17, 15) is 4.79 Å². The zero-order chi connectivity index (χ0) is 21.5. The third-order valence-corrected chi connectivity index (χ3v) is 5.51. The van der Waals surface area contributed by atoms with E-state index in [1.165, 1.54) is 11.8 Å². The number of carbonyl (C=O) groups is 1. The van der Waals surface area contributed by atoms with Crippen LogP contribution in [0.1, 0.15) is 25.8 Å². The largest absolute Gasteiger partial charge is 0.495 e. The number of para-hydroxylation sites is 1. The van der Waals surface area contributed by atoms with Gasteiger partial charge in [0.05, 0.1) is 17.9 Å². The molecule has 0 bridgehead atoms. The number of halogens is 1. The first kappa shape index (κ1) is 22.0. The molecule has 3 rings (SSSR count). The number of anilines is 1. The van der Waals surface area contributed by atoms with Crippen molar-refractivity contribution in [2.45, 2.75) is 31.7 Å². The molecule has 0 saturated heterocycles. The van der Waals surface area contributed by atoms with E-state index in [0.717, 1.165) is 5.75 Å². The Kier molecular flexibility index (Phi) is 7.59. The summed E-state index contributed by atoms with van der Waals surface area (Å²) < 4.78 is 13.0. The quantitative estimate of drug-likeness (QED) is 0.474. The number of benzene rings is 2. The second-order valence-corrected chi connectivity index (χ2v) is 7.69. The summed E-state index contributed by atoms with van der Waals surface area (Å²) in [6.07, 6.45) is -0.274. The summed E-state index contributed by atoms with van der Waals surface area (Å²) in [5, 5.41) is 12.4. The van der Waals surface area contributed by atoms with Gasteiger partial charge in [-0.2, -0.15) is 0 Å². The fourth-order valence-corrected chi connectivity index (χ4v) is 3.90. The molecule has 1 N–H and O–H groups in total. The molecular weight excluding hydrogens is 424 g/mol. The van der Waals surface area contributed by atoms with Gasteiger partial charge < -0.3 is 19.4 Å². The maximum absolute atomic E-state index is 12.3. The molecule has 0 aliphatic rings. The van der Waals surface area contributed by atoms with E-state index >= 15 is 0 Å². The highest BCUT2D eigenvalue weighted by molar-refractivity contribution is 7.99. The Bertz CT molecular complexity index is 997. The van der Waals surface area contributed by atoms with Gasteiger partial charge in [-0.15, -0.1) is 10.2 Å². The second-order valence-electron chi connectivity index (χ2n) is 6.34. The summed E-state index contributed by atoms with van der Waals surface area (Å²) in [4.78, 5) is 12.3. The molecule has 7 nitrogen and oxygen atoms in total. The van der Waals surface area contributed by atoms with Gasteiger partial charge in [-0.3, -0.25) is 4.79 Å². The molecule has 0 fully saturated rings. The van der Waals surface area contributed by atoms with Crippen LogP contribution in [-0.2, 0) is 11.3 Å². The molecule has 3 aromatic rings. The molecule has 1 atom stereocenters. The molecule has 0 saturated carbocycles. The minimum atomic E-state index is -0.274. The lowest BCUT2D eigenvalue weighted by Crippen LogP contribution is -2.15. The van der Waals surface area contributed by atoms with Crippen LogP contribution >= 0.6 is 23.4 Å². The van der Waals surface area contributed by atoms with Crippen LogP contribution in [0, 0.1) is 0 Å². The van der Waals surface area contributed by atoms with Gasteiger partial charge in [0.15, 0.2) is 17.1 Å². The number of hydrogen-bond acceptors (Lipinski definition) is 6. The van der Waals surface area contributed by atoms with Gasteiger partial charge in [0.2, 0.25) is 5.91 Å². The SMILES string of the molecule is CCn1c(SCC(=O)Nc2ccc(OC)c(Cl)c2)nnc1C(C)Oc1ccccc1. The van der Waals surface area contributed by atoms with Crippen molar-refractivity contribution in [2.24, 2.45) is 0 Å². The first-order chi connectivity index (χ1) is 14.5. The molecule has 9 heteroatoms. The summed E-state index contributed by atoms with van der Waals surface area (Å²) in [6.45, 7) is 4.60. The molecule has 1 unspecified atom stereocenters. The summed E-state index contributed by atoms with van der Waals surface area (Å²) in [5.41, 5.74) is 0.605. The topological polar surface area (TPSA) is 78.3 Å². The molecule has 30 heavy (non-hydrogen) atoms. The number of nitrogens with one attached hydrogen (secondary N) is 1. The molecule has 1 amide bonds. The summed E-state index contributed by atoms with van der Waals surface area (Å²) in [5.74, 6) is 2.06. The average Bonchev–Trinajstić information content (AvgIpc) is 3.16. The van der Waals surface area contributed by atoms with Crippen LogP contribution in [0.4, 0.5) is 5.69 Å². The Morgan fingerprint density at radius 2 is 2.00 bits per heavy atom. The normalized spacial score (nSPS) is 11.7. The molecule has 0 spiro atoms. The average molecular weight is 447 g/mol. The van der Waals surface area contributed by atoms with Crippen LogP contribution < -0.4 is 14.8 Å². The molecule has 1 aromatic heterocycles. The van der Waals surface area contributed by atoms with Crippen molar-refractivity contribution in [3.05, 3.63) is 59.4 Å². The predicted molar refractivity (Wildman–Crippen MR) is 119 cm³/mol.